The van der Waals surface area contributed by atoms with Crippen molar-refractivity contribution in [3.05, 3.63) is 82.6 Å². The average molecular weight is 512 g/mol. The number of thiocarbonyl (C=S) groups is 1. The third-order valence-corrected chi connectivity index (χ3v) is 6.50. The molecule has 1 amide bonds. The molecular formula is C21H16F3N3O3S3. The van der Waals surface area contributed by atoms with E-state index in [0.717, 1.165) is 17.0 Å². The van der Waals surface area contributed by atoms with E-state index in [1.807, 2.05) is 22.2 Å². The fourth-order valence-corrected chi connectivity index (χ4v) is 4.52. The maximum atomic E-state index is 13.1. The first-order chi connectivity index (χ1) is 15.5. The maximum Gasteiger partial charge on any atom is 0.418 e. The van der Waals surface area contributed by atoms with Crippen LogP contribution in [0.2, 0.25) is 0 Å². The van der Waals surface area contributed by atoms with Crippen LogP contribution in [0.3, 0.4) is 0 Å². The molecule has 0 saturated heterocycles. The number of anilines is 2. The second-order valence-corrected chi connectivity index (χ2v) is 9.54. The quantitative estimate of drug-likeness (QED) is 0.317. The van der Waals surface area contributed by atoms with Crippen molar-refractivity contribution < 1.29 is 26.4 Å². The summed E-state index contributed by atoms with van der Waals surface area (Å²) in [5.41, 5.74) is -1.30. The topological polar surface area (TPSA) is 87.3 Å². The Morgan fingerprint density at radius 3 is 2.33 bits per heavy atom. The summed E-state index contributed by atoms with van der Waals surface area (Å²) in [6.45, 7) is 0. The number of sulfonamides is 1. The molecule has 12 heteroatoms. The standard InChI is InChI=1S/C21H16F3N3O3S3/c22-21(23,24)17-5-1-2-6-18(17)27-33(29,30)16-10-7-14(8-11-16)25-20(31)26-19(28)12-9-15-4-3-13-32-15/h1-13,27H,(H2,25,26,28,31)/b12-9+. The molecule has 0 fully saturated rings. The van der Waals surface area contributed by atoms with E-state index < -0.39 is 33.4 Å². The number of benzene rings is 2. The highest BCUT2D eigenvalue weighted by Crippen LogP contribution is 2.35. The summed E-state index contributed by atoms with van der Waals surface area (Å²) in [5.74, 6) is -0.451. The van der Waals surface area contributed by atoms with Gasteiger partial charge in [0.15, 0.2) is 5.11 Å². The molecule has 0 aliphatic rings. The molecular weight excluding hydrogens is 495 g/mol. The smallest absolute Gasteiger partial charge is 0.332 e. The molecule has 0 bridgehead atoms. The second kappa shape index (κ2) is 10.1. The van der Waals surface area contributed by atoms with E-state index in [1.165, 1.54) is 53.8 Å². The van der Waals surface area contributed by atoms with Gasteiger partial charge in [-0.2, -0.15) is 13.2 Å². The summed E-state index contributed by atoms with van der Waals surface area (Å²) < 4.78 is 66.4. The zero-order valence-corrected chi connectivity index (χ0v) is 19.0. The van der Waals surface area contributed by atoms with Crippen molar-refractivity contribution in [1.29, 1.82) is 0 Å². The van der Waals surface area contributed by atoms with E-state index in [1.54, 1.807) is 6.08 Å². The highest BCUT2D eigenvalue weighted by molar-refractivity contribution is 7.92. The van der Waals surface area contributed by atoms with Gasteiger partial charge in [-0.3, -0.25) is 14.8 Å². The number of carbonyl (C=O) groups is 1. The molecule has 33 heavy (non-hydrogen) atoms. The highest BCUT2D eigenvalue weighted by Gasteiger charge is 2.34. The summed E-state index contributed by atoms with van der Waals surface area (Å²) in [4.78, 5) is 12.6. The Balaban J connectivity index is 1.64. The van der Waals surface area contributed by atoms with Crippen molar-refractivity contribution >= 4 is 62.0 Å². The van der Waals surface area contributed by atoms with Crippen molar-refractivity contribution in [2.24, 2.45) is 0 Å². The molecule has 0 aliphatic heterocycles. The van der Waals surface area contributed by atoms with Crippen LogP contribution in [0, 0.1) is 0 Å². The molecule has 1 aromatic heterocycles. The zero-order valence-electron chi connectivity index (χ0n) is 16.6. The van der Waals surface area contributed by atoms with Crippen molar-refractivity contribution in [1.82, 2.24) is 5.32 Å². The summed E-state index contributed by atoms with van der Waals surface area (Å²) in [7, 11) is -4.28. The largest absolute Gasteiger partial charge is 0.418 e. The third kappa shape index (κ3) is 6.88. The predicted octanol–water partition coefficient (Wildman–Crippen LogP) is 5.09. The zero-order chi connectivity index (χ0) is 24.1. The van der Waals surface area contributed by atoms with Gasteiger partial charge < -0.3 is 5.32 Å². The molecule has 0 unspecified atom stereocenters. The molecule has 0 radical (unpaired) electrons. The Hall–Kier alpha value is -3.22. The molecule has 6 nitrogen and oxygen atoms in total. The van der Waals surface area contributed by atoms with E-state index in [9.17, 15) is 26.4 Å². The summed E-state index contributed by atoms with van der Waals surface area (Å²) in [5, 5.41) is 7.04. The number of para-hydroxylation sites is 1. The number of amides is 1. The lowest BCUT2D eigenvalue weighted by atomic mass is 10.2. The molecule has 3 N–H and O–H groups in total. The van der Waals surface area contributed by atoms with Crippen LogP contribution < -0.4 is 15.4 Å². The van der Waals surface area contributed by atoms with Crippen molar-refractivity contribution in [3.63, 3.8) is 0 Å². The Morgan fingerprint density at radius 1 is 1.00 bits per heavy atom. The van der Waals surface area contributed by atoms with Gasteiger partial charge in [0, 0.05) is 16.6 Å². The van der Waals surface area contributed by atoms with E-state index in [-0.39, 0.29) is 10.0 Å². The third-order valence-electron chi connectivity index (χ3n) is 4.08. The first-order valence-electron chi connectivity index (χ1n) is 9.17. The number of thiophene rings is 1. The molecule has 0 spiro atoms. The highest BCUT2D eigenvalue weighted by atomic mass is 32.2. The minimum absolute atomic E-state index is 0.0105. The number of rotatable bonds is 6. The van der Waals surface area contributed by atoms with Gasteiger partial charge >= 0.3 is 6.18 Å². The molecule has 172 valence electrons. The van der Waals surface area contributed by atoms with Gasteiger partial charge in [0.1, 0.15) is 0 Å². The van der Waals surface area contributed by atoms with Crippen LogP contribution in [-0.2, 0) is 21.0 Å². The Labute approximate surface area is 197 Å². The van der Waals surface area contributed by atoms with E-state index >= 15 is 0 Å². The number of hydrogen-bond acceptors (Lipinski definition) is 5. The number of carbonyl (C=O) groups excluding carboxylic acids is 1. The predicted molar refractivity (Wildman–Crippen MR) is 126 cm³/mol. The summed E-state index contributed by atoms with van der Waals surface area (Å²) >= 11 is 6.52. The van der Waals surface area contributed by atoms with Crippen molar-refractivity contribution in [2.75, 3.05) is 10.0 Å². The molecule has 0 saturated carbocycles. The van der Waals surface area contributed by atoms with Crippen LogP contribution >= 0.6 is 23.6 Å². The van der Waals surface area contributed by atoms with Crippen LogP contribution in [0.15, 0.2) is 77.0 Å². The van der Waals surface area contributed by atoms with E-state index in [4.69, 9.17) is 12.2 Å². The first-order valence-corrected chi connectivity index (χ1v) is 11.9. The number of alkyl halides is 3. The Bertz CT molecular complexity index is 1270. The number of halogens is 3. The maximum absolute atomic E-state index is 13.1. The second-order valence-electron chi connectivity index (χ2n) is 6.47. The van der Waals surface area contributed by atoms with E-state index in [2.05, 4.69) is 10.6 Å². The normalized spacial score (nSPS) is 11.8. The van der Waals surface area contributed by atoms with Crippen LogP contribution in [0.25, 0.3) is 6.08 Å². The van der Waals surface area contributed by atoms with Gasteiger partial charge in [-0.25, -0.2) is 8.42 Å². The summed E-state index contributed by atoms with van der Waals surface area (Å²) in [6.07, 6.45) is -1.77. The van der Waals surface area contributed by atoms with Gasteiger partial charge in [-0.05, 0) is 66.1 Å². The minimum Gasteiger partial charge on any atom is -0.332 e. The lowest BCUT2D eigenvalue weighted by Crippen LogP contribution is -2.32. The van der Waals surface area contributed by atoms with Gasteiger partial charge in [-0.15, -0.1) is 11.3 Å². The van der Waals surface area contributed by atoms with E-state index in [0.29, 0.717) is 5.69 Å². The number of nitrogens with one attached hydrogen (secondary N) is 3. The lowest BCUT2D eigenvalue weighted by molar-refractivity contribution is -0.136. The molecule has 3 rings (SSSR count). The average Bonchev–Trinajstić information content (AvgIpc) is 3.25. The van der Waals surface area contributed by atoms with Crippen LogP contribution in [-0.4, -0.2) is 19.4 Å². The monoisotopic (exact) mass is 511 g/mol. The summed E-state index contributed by atoms with van der Waals surface area (Å²) in [6, 6.07) is 13.1. The number of hydrogen-bond donors (Lipinski definition) is 3. The fourth-order valence-electron chi connectivity index (χ4n) is 2.60. The molecule has 2 aromatic carbocycles. The molecule has 0 atom stereocenters. The lowest BCUT2D eigenvalue weighted by Gasteiger charge is -2.15. The van der Waals surface area contributed by atoms with Crippen molar-refractivity contribution in [2.45, 2.75) is 11.1 Å². The van der Waals surface area contributed by atoms with Gasteiger partial charge in [0.25, 0.3) is 10.0 Å². The van der Waals surface area contributed by atoms with Gasteiger partial charge in [-0.1, -0.05) is 18.2 Å². The van der Waals surface area contributed by atoms with Crippen molar-refractivity contribution in [3.8, 4) is 0 Å². The minimum atomic E-state index is -4.72. The van der Waals surface area contributed by atoms with Gasteiger partial charge in [0.05, 0.1) is 16.1 Å². The fraction of sp³-hybridized carbons (Fsp3) is 0.0476. The molecule has 0 aliphatic carbocycles. The SMILES string of the molecule is O=C(/C=C/c1cccs1)NC(=S)Nc1ccc(S(=O)(=O)Nc2ccccc2C(F)(F)F)cc1. The Morgan fingerprint density at radius 2 is 1.70 bits per heavy atom. The first kappa shape index (κ1) is 24.4. The molecule has 1 heterocycles. The van der Waals surface area contributed by atoms with Crippen LogP contribution in [0.1, 0.15) is 10.4 Å². The van der Waals surface area contributed by atoms with Crippen LogP contribution in [0.4, 0.5) is 24.5 Å². The Kier molecular flexibility index (Phi) is 7.51. The molecule has 3 aromatic rings. The van der Waals surface area contributed by atoms with Gasteiger partial charge in [0.2, 0.25) is 5.91 Å². The van der Waals surface area contributed by atoms with Crippen LogP contribution in [0.5, 0.6) is 0 Å².